The van der Waals surface area contributed by atoms with Crippen LogP contribution in [-0.4, -0.2) is 30.6 Å². The smallest absolute Gasteiger partial charge is 0.252 e. The van der Waals surface area contributed by atoms with Crippen molar-refractivity contribution in [2.45, 2.75) is 13.0 Å². The van der Waals surface area contributed by atoms with E-state index < -0.39 is 28.6 Å². The minimum atomic E-state index is -1.01. The number of carbonyl (C=O) groups is 1. The van der Waals surface area contributed by atoms with Crippen LogP contribution in [0.25, 0.3) is 5.95 Å². The van der Waals surface area contributed by atoms with Crippen molar-refractivity contribution >= 4 is 31.0 Å². The van der Waals surface area contributed by atoms with Crippen LogP contribution in [0.5, 0.6) is 0 Å². The Morgan fingerprint density at radius 1 is 1.19 bits per heavy atom. The first-order valence-electron chi connectivity index (χ1n) is 7.10. The van der Waals surface area contributed by atoms with Crippen molar-refractivity contribution in [1.29, 1.82) is 0 Å². The highest BCUT2D eigenvalue weighted by molar-refractivity contribution is 7.59. The summed E-state index contributed by atoms with van der Waals surface area (Å²) in [5.74, 6) is -2.08. The first-order valence-corrected chi connectivity index (χ1v) is 7.48. The molecule has 0 radical (unpaired) electrons. The van der Waals surface area contributed by atoms with Gasteiger partial charge in [-0.15, -0.1) is 0 Å². The Hall–Kier alpha value is -2.59. The number of benzene rings is 1. The minimum Gasteiger partial charge on any atom is -0.342 e. The first-order chi connectivity index (χ1) is 12.0. The second-order valence-electron chi connectivity index (χ2n) is 5.03. The lowest BCUT2D eigenvalue weighted by molar-refractivity contribution is 0.0937. The number of halogens is 3. The van der Waals surface area contributed by atoms with Crippen molar-refractivity contribution in [1.82, 2.24) is 30.0 Å². The average molecular weight is 399 g/mol. The molecule has 0 saturated carbocycles. The Morgan fingerprint density at radius 3 is 2.42 bits per heavy atom. The normalized spacial score (nSPS) is 11.5. The van der Waals surface area contributed by atoms with E-state index in [1.54, 1.807) is 13.0 Å². The van der Waals surface area contributed by atoms with Gasteiger partial charge < -0.3 is 5.32 Å². The maximum Gasteiger partial charge on any atom is 0.252 e. The molecule has 1 amide bonds. The molecule has 7 nitrogen and oxygen atoms in total. The highest BCUT2D eigenvalue weighted by Crippen LogP contribution is 2.21. The molecule has 2 aromatic heterocycles. The summed E-state index contributed by atoms with van der Waals surface area (Å²) in [5, 5.41) is 5.95. The molecule has 0 unspecified atom stereocenters. The fourth-order valence-electron chi connectivity index (χ4n) is 2.13. The van der Waals surface area contributed by atoms with Crippen molar-refractivity contribution in [2.24, 2.45) is 0 Å². The SMILES string of the molecule is C[C@H](NC(=O)c1cc(F)c(Cl)c(F)c1)c1ncnn1-c1ncccn1.S. The molecule has 0 saturated heterocycles. The summed E-state index contributed by atoms with van der Waals surface area (Å²) >= 11 is 5.41. The molecule has 1 aromatic carbocycles. The van der Waals surface area contributed by atoms with Crippen molar-refractivity contribution < 1.29 is 13.6 Å². The maximum absolute atomic E-state index is 13.5. The zero-order chi connectivity index (χ0) is 18.0. The number of rotatable bonds is 4. The van der Waals surface area contributed by atoms with E-state index in [4.69, 9.17) is 11.6 Å². The highest BCUT2D eigenvalue weighted by Gasteiger charge is 2.20. The van der Waals surface area contributed by atoms with Gasteiger partial charge in [-0.25, -0.2) is 23.7 Å². The molecule has 0 spiro atoms. The van der Waals surface area contributed by atoms with Gasteiger partial charge in [-0.3, -0.25) is 4.79 Å². The average Bonchev–Trinajstić information content (AvgIpc) is 3.09. The van der Waals surface area contributed by atoms with Crippen LogP contribution in [0, 0.1) is 11.6 Å². The van der Waals surface area contributed by atoms with Crippen LogP contribution >= 0.6 is 25.1 Å². The molecule has 1 atom stereocenters. The van der Waals surface area contributed by atoms with E-state index in [1.807, 2.05) is 0 Å². The molecular formula is C15H13ClF2N6OS. The minimum absolute atomic E-state index is 0. The molecule has 0 aliphatic heterocycles. The van der Waals surface area contributed by atoms with E-state index in [1.165, 1.54) is 23.4 Å². The van der Waals surface area contributed by atoms with Gasteiger partial charge >= 0.3 is 0 Å². The molecular weight excluding hydrogens is 386 g/mol. The number of nitrogens with one attached hydrogen (secondary N) is 1. The monoisotopic (exact) mass is 398 g/mol. The van der Waals surface area contributed by atoms with Crippen molar-refractivity contribution in [3.8, 4) is 5.95 Å². The van der Waals surface area contributed by atoms with Gasteiger partial charge in [-0.2, -0.15) is 23.3 Å². The zero-order valence-corrected chi connectivity index (χ0v) is 15.1. The Labute approximate surface area is 158 Å². The van der Waals surface area contributed by atoms with E-state index in [2.05, 4.69) is 25.4 Å². The van der Waals surface area contributed by atoms with Gasteiger partial charge in [-0.1, -0.05) is 11.6 Å². The van der Waals surface area contributed by atoms with Crippen LogP contribution in [0.2, 0.25) is 5.02 Å². The summed E-state index contributed by atoms with van der Waals surface area (Å²) in [5.41, 5.74) is -0.201. The number of carbonyl (C=O) groups excluding carboxylic acids is 1. The van der Waals surface area contributed by atoms with Crippen molar-refractivity contribution in [3.63, 3.8) is 0 Å². The Balaban J connectivity index is 0.00000243. The zero-order valence-electron chi connectivity index (χ0n) is 13.3. The number of nitrogens with zero attached hydrogens (tertiary/aromatic N) is 5. The van der Waals surface area contributed by atoms with Crippen LogP contribution in [0.3, 0.4) is 0 Å². The van der Waals surface area contributed by atoms with E-state index in [-0.39, 0.29) is 25.0 Å². The number of amides is 1. The molecule has 2 heterocycles. The molecule has 11 heteroatoms. The van der Waals surface area contributed by atoms with Gasteiger partial charge in [0.2, 0.25) is 0 Å². The molecule has 3 aromatic rings. The molecule has 26 heavy (non-hydrogen) atoms. The molecule has 136 valence electrons. The van der Waals surface area contributed by atoms with Crippen LogP contribution in [0.1, 0.15) is 29.1 Å². The van der Waals surface area contributed by atoms with Gasteiger partial charge in [0.1, 0.15) is 23.0 Å². The molecule has 0 fully saturated rings. The molecule has 0 bridgehead atoms. The quantitative estimate of drug-likeness (QED) is 0.683. The van der Waals surface area contributed by atoms with E-state index in [0.29, 0.717) is 5.82 Å². The summed E-state index contributed by atoms with van der Waals surface area (Å²) in [6.45, 7) is 1.64. The standard InChI is InChI=1S/C15H11ClF2N6O.H2S/c1-8(13-21-7-22-24(13)15-19-3-2-4-20-15)23-14(25)9-5-10(17)12(16)11(18)6-9;/h2-8H,1H3,(H,23,25);1H2/t8-;/m0./s1. The summed E-state index contributed by atoms with van der Waals surface area (Å²) in [4.78, 5) is 24.4. The lowest BCUT2D eigenvalue weighted by Gasteiger charge is -2.14. The fourth-order valence-corrected chi connectivity index (χ4v) is 2.24. The van der Waals surface area contributed by atoms with Gasteiger partial charge in [0, 0.05) is 18.0 Å². The Bertz CT molecular complexity index is 901. The molecule has 3 rings (SSSR count). The topological polar surface area (TPSA) is 85.6 Å². The third kappa shape index (κ3) is 3.97. The Kier molecular flexibility index (Phi) is 6.22. The van der Waals surface area contributed by atoms with E-state index in [9.17, 15) is 13.6 Å². The second kappa shape index (κ2) is 8.19. The first kappa shape index (κ1) is 19.7. The van der Waals surface area contributed by atoms with Gasteiger partial charge in [-0.05, 0) is 25.1 Å². The predicted molar refractivity (Wildman–Crippen MR) is 94.6 cm³/mol. The number of aromatic nitrogens is 5. The summed E-state index contributed by atoms with van der Waals surface area (Å²) in [6.07, 6.45) is 4.36. The number of hydrogen-bond acceptors (Lipinski definition) is 5. The summed E-state index contributed by atoms with van der Waals surface area (Å²) < 4.78 is 28.4. The maximum atomic E-state index is 13.5. The third-order valence-electron chi connectivity index (χ3n) is 3.30. The van der Waals surface area contributed by atoms with Crippen LogP contribution in [0.4, 0.5) is 8.78 Å². The van der Waals surface area contributed by atoms with Crippen molar-refractivity contribution in [3.05, 3.63) is 65.0 Å². The molecule has 1 N–H and O–H groups in total. The van der Waals surface area contributed by atoms with E-state index >= 15 is 0 Å². The second-order valence-corrected chi connectivity index (χ2v) is 5.41. The van der Waals surface area contributed by atoms with E-state index in [0.717, 1.165) is 12.1 Å². The lowest BCUT2D eigenvalue weighted by Crippen LogP contribution is -2.29. The van der Waals surface area contributed by atoms with Gasteiger partial charge in [0.25, 0.3) is 11.9 Å². The van der Waals surface area contributed by atoms with Gasteiger partial charge in [0.05, 0.1) is 6.04 Å². The number of hydrogen-bond donors (Lipinski definition) is 1. The predicted octanol–water partition coefficient (Wildman–Crippen LogP) is 2.59. The Morgan fingerprint density at radius 2 is 1.81 bits per heavy atom. The lowest BCUT2D eigenvalue weighted by atomic mass is 10.2. The molecule has 0 aliphatic carbocycles. The molecule has 0 aliphatic rings. The van der Waals surface area contributed by atoms with Crippen LogP contribution in [0.15, 0.2) is 36.9 Å². The summed E-state index contributed by atoms with van der Waals surface area (Å²) in [6, 6.07) is 2.74. The summed E-state index contributed by atoms with van der Waals surface area (Å²) in [7, 11) is 0. The fraction of sp³-hybridized carbons (Fsp3) is 0.133. The van der Waals surface area contributed by atoms with Crippen molar-refractivity contribution in [2.75, 3.05) is 0 Å². The van der Waals surface area contributed by atoms with Gasteiger partial charge in [0.15, 0.2) is 5.82 Å². The highest BCUT2D eigenvalue weighted by atomic mass is 35.5. The largest absolute Gasteiger partial charge is 0.342 e. The van der Waals surface area contributed by atoms with Crippen LogP contribution in [-0.2, 0) is 0 Å². The third-order valence-corrected chi connectivity index (χ3v) is 3.66. The van der Waals surface area contributed by atoms with Crippen LogP contribution < -0.4 is 5.32 Å².